The van der Waals surface area contributed by atoms with Crippen molar-refractivity contribution in [2.45, 2.75) is 32.3 Å². The molecule has 28 heavy (non-hydrogen) atoms. The first kappa shape index (κ1) is 20.6. The van der Waals surface area contributed by atoms with E-state index in [2.05, 4.69) is 14.8 Å². The van der Waals surface area contributed by atoms with Gasteiger partial charge in [-0.2, -0.15) is 5.10 Å². The lowest BCUT2D eigenvalue weighted by Gasteiger charge is -2.13. The molecular weight excluding hydrogens is 376 g/mol. The first-order valence-corrected chi connectivity index (χ1v) is 8.26. The zero-order chi connectivity index (χ0) is 20.5. The van der Waals surface area contributed by atoms with E-state index in [-0.39, 0.29) is 25.1 Å². The molecule has 12 heteroatoms. The maximum absolute atomic E-state index is 12.1. The van der Waals surface area contributed by atoms with Gasteiger partial charge in [0.25, 0.3) is 10.2 Å². The Hall–Kier alpha value is -3.70. The molecule has 1 heterocycles. The smallest absolute Gasteiger partial charge is 0.312 e. The zero-order valence-electron chi connectivity index (χ0n) is 14.9. The molecule has 1 aromatic carbocycles. The van der Waals surface area contributed by atoms with E-state index < -0.39 is 28.9 Å². The summed E-state index contributed by atoms with van der Waals surface area (Å²) < 4.78 is 6.81. The number of para-hydroxylation sites is 1. The van der Waals surface area contributed by atoms with Crippen LogP contribution in [0.1, 0.15) is 25.0 Å². The third-order valence-electron chi connectivity index (χ3n) is 3.53. The number of hydrogen-bond acceptors (Lipinski definition) is 9. The molecule has 0 aliphatic heterocycles. The highest BCUT2D eigenvalue weighted by Gasteiger charge is 2.18. The van der Waals surface area contributed by atoms with E-state index in [1.54, 1.807) is 25.1 Å². The molecule has 0 N–H and O–H groups in total. The molecule has 1 atom stereocenters. The van der Waals surface area contributed by atoms with Gasteiger partial charge in [-0.15, -0.1) is 20.2 Å². The predicted molar refractivity (Wildman–Crippen MR) is 92.6 cm³/mol. The van der Waals surface area contributed by atoms with Crippen molar-refractivity contribution in [2.75, 3.05) is 6.61 Å². The average molecular weight is 394 g/mol. The van der Waals surface area contributed by atoms with Gasteiger partial charge in [0, 0.05) is 12.5 Å². The van der Waals surface area contributed by atoms with Crippen LogP contribution in [-0.4, -0.2) is 38.6 Å². The number of hydrogen-bond donors (Lipinski definition) is 0. The Morgan fingerprint density at radius 3 is 2.57 bits per heavy atom. The lowest BCUT2D eigenvalue weighted by molar-refractivity contribution is -0.790. The van der Waals surface area contributed by atoms with E-state index in [1.165, 1.54) is 4.68 Å². The fourth-order valence-corrected chi connectivity index (χ4v) is 2.38. The van der Waals surface area contributed by atoms with Gasteiger partial charge < -0.3 is 14.4 Å². The first-order chi connectivity index (χ1) is 13.3. The quantitative estimate of drug-likeness (QED) is 0.317. The minimum atomic E-state index is -1.16. The summed E-state index contributed by atoms with van der Waals surface area (Å²) in [5, 5.41) is 22.8. The molecule has 1 unspecified atom stereocenters. The Morgan fingerprint density at radius 1 is 1.21 bits per heavy atom. The average Bonchev–Trinajstić information content (AvgIpc) is 3.00. The summed E-state index contributed by atoms with van der Waals surface area (Å²) >= 11 is 0. The Kier molecular flexibility index (Phi) is 7.25. The van der Waals surface area contributed by atoms with E-state index >= 15 is 0 Å². The molecule has 150 valence electrons. The molecular formula is C16H18N4O8. The maximum atomic E-state index is 12.1. The van der Waals surface area contributed by atoms with Crippen LogP contribution in [0.5, 0.6) is 5.88 Å². The first-order valence-electron chi connectivity index (χ1n) is 8.26. The van der Waals surface area contributed by atoms with Gasteiger partial charge in [-0.1, -0.05) is 18.2 Å². The third kappa shape index (κ3) is 6.55. The van der Waals surface area contributed by atoms with Crippen molar-refractivity contribution in [2.24, 2.45) is 0 Å². The molecule has 2 rings (SSSR count). The highest BCUT2D eigenvalue weighted by Crippen LogP contribution is 2.20. The Bertz CT molecular complexity index is 823. The second-order valence-electron chi connectivity index (χ2n) is 5.71. The van der Waals surface area contributed by atoms with Crippen LogP contribution in [0.2, 0.25) is 0 Å². The van der Waals surface area contributed by atoms with E-state index in [0.29, 0.717) is 5.69 Å². The lowest BCUT2D eigenvalue weighted by Crippen LogP contribution is -2.25. The molecule has 2 aromatic rings. The molecule has 0 fully saturated rings. The third-order valence-corrected chi connectivity index (χ3v) is 3.53. The van der Waals surface area contributed by atoms with Crippen molar-refractivity contribution in [3.8, 4) is 11.6 Å². The number of aryl methyl sites for hydroxylation is 1. The largest absolute Gasteiger partial charge is 0.407 e. The number of benzene rings is 1. The van der Waals surface area contributed by atoms with Crippen molar-refractivity contribution in [3.05, 3.63) is 62.3 Å². The molecule has 0 amide bonds. The lowest BCUT2D eigenvalue weighted by atomic mass is 10.1. The monoisotopic (exact) mass is 394 g/mol. The van der Waals surface area contributed by atoms with Crippen molar-refractivity contribution in [1.82, 2.24) is 9.78 Å². The highest BCUT2D eigenvalue weighted by molar-refractivity contribution is 5.72. The van der Waals surface area contributed by atoms with Gasteiger partial charge in [-0.05, 0) is 31.9 Å². The van der Waals surface area contributed by atoms with Gasteiger partial charge in [-0.25, -0.2) is 4.68 Å². The minimum Gasteiger partial charge on any atom is -0.407 e. The van der Waals surface area contributed by atoms with Gasteiger partial charge in [0.05, 0.1) is 11.4 Å². The van der Waals surface area contributed by atoms with Crippen LogP contribution in [0.25, 0.3) is 5.69 Å². The summed E-state index contributed by atoms with van der Waals surface area (Å²) in [4.78, 5) is 41.1. The van der Waals surface area contributed by atoms with Crippen molar-refractivity contribution >= 4 is 5.97 Å². The molecule has 0 bridgehead atoms. The minimum absolute atomic E-state index is 0.000888. The number of esters is 1. The number of carbonyl (C=O) groups is 1. The van der Waals surface area contributed by atoms with Gasteiger partial charge in [0.1, 0.15) is 12.7 Å². The summed E-state index contributed by atoms with van der Waals surface area (Å²) in [7, 11) is 0. The maximum Gasteiger partial charge on any atom is 0.312 e. The Balaban J connectivity index is 1.90. The number of aromatic nitrogens is 2. The second-order valence-corrected chi connectivity index (χ2v) is 5.71. The second kappa shape index (κ2) is 9.85. The van der Waals surface area contributed by atoms with Crippen molar-refractivity contribution < 1.29 is 29.4 Å². The highest BCUT2D eigenvalue weighted by atomic mass is 17.0. The fraction of sp³-hybridized carbons (Fsp3) is 0.375. The summed E-state index contributed by atoms with van der Waals surface area (Å²) in [6, 6.07) is 10.7. The number of rotatable bonds is 11. The normalized spacial score (nSPS) is 11.5. The molecule has 12 nitrogen and oxygen atoms in total. The Labute approximate surface area is 158 Å². The molecule has 0 aliphatic carbocycles. The SMILES string of the molecule is Cc1cc(OC(=O)CCCC(CO[N+](=O)[O-])O[N+](=O)[O-])n(-c2ccccc2)n1. The van der Waals surface area contributed by atoms with E-state index in [9.17, 15) is 25.0 Å². The number of carbonyl (C=O) groups excluding carboxylic acids is 1. The van der Waals surface area contributed by atoms with Gasteiger partial charge in [-0.3, -0.25) is 4.79 Å². The number of ether oxygens (including phenoxy) is 1. The van der Waals surface area contributed by atoms with Crippen LogP contribution in [0.4, 0.5) is 0 Å². The summed E-state index contributed by atoms with van der Waals surface area (Å²) in [5.41, 5.74) is 1.37. The topological polar surface area (TPSA) is 149 Å². The van der Waals surface area contributed by atoms with Crippen LogP contribution in [0.3, 0.4) is 0 Å². The zero-order valence-corrected chi connectivity index (χ0v) is 14.9. The van der Waals surface area contributed by atoms with Crippen LogP contribution in [-0.2, 0) is 14.5 Å². The standard InChI is InChI=1S/C16H18N4O8/c1-12-10-15(18(17-12)13-6-3-2-4-7-13)27-16(21)9-5-8-14(28-20(24)25)11-26-19(22)23/h2-4,6-7,10,14H,5,8-9,11H2,1H3. The van der Waals surface area contributed by atoms with Gasteiger partial charge in [0.15, 0.2) is 0 Å². The van der Waals surface area contributed by atoms with Gasteiger partial charge >= 0.3 is 5.97 Å². The van der Waals surface area contributed by atoms with E-state index in [4.69, 9.17) is 4.74 Å². The van der Waals surface area contributed by atoms with Crippen molar-refractivity contribution in [1.29, 1.82) is 0 Å². The van der Waals surface area contributed by atoms with Crippen molar-refractivity contribution in [3.63, 3.8) is 0 Å². The van der Waals surface area contributed by atoms with Crippen LogP contribution in [0.15, 0.2) is 36.4 Å². The van der Waals surface area contributed by atoms with Crippen LogP contribution in [0, 0.1) is 27.2 Å². The van der Waals surface area contributed by atoms with E-state index in [1.807, 2.05) is 18.2 Å². The molecule has 0 saturated carbocycles. The predicted octanol–water partition coefficient (Wildman–Crippen LogP) is 2.04. The summed E-state index contributed by atoms with van der Waals surface area (Å²) in [6.07, 6.45) is -1.09. The van der Waals surface area contributed by atoms with E-state index in [0.717, 1.165) is 5.69 Å². The van der Waals surface area contributed by atoms with Crippen LogP contribution < -0.4 is 4.74 Å². The van der Waals surface area contributed by atoms with Crippen LogP contribution >= 0.6 is 0 Å². The summed E-state index contributed by atoms with van der Waals surface area (Å²) in [5.74, 6) is -0.337. The Morgan fingerprint density at radius 2 is 1.93 bits per heavy atom. The molecule has 1 aromatic heterocycles. The fourth-order valence-electron chi connectivity index (χ4n) is 2.38. The summed E-state index contributed by atoms with van der Waals surface area (Å²) in [6.45, 7) is 1.15. The molecule has 0 aliphatic rings. The molecule has 0 radical (unpaired) electrons. The molecule has 0 spiro atoms. The number of nitrogens with zero attached hydrogens (tertiary/aromatic N) is 4. The molecule has 0 saturated heterocycles. The van der Waals surface area contributed by atoms with Gasteiger partial charge in [0.2, 0.25) is 5.88 Å².